The summed E-state index contributed by atoms with van der Waals surface area (Å²) in [4.78, 5) is 4.33. The van der Waals surface area contributed by atoms with Crippen LogP contribution in [0.25, 0.3) is 33.7 Å². The second-order valence-corrected chi connectivity index (χ2v) is 6.15. The van der Waals surface area contributed by atoms with Gasteiger partial charge in [0.15, 0.2) is 5.58 Å². The molecule has 3 nitrogen and oxygen atoms in total. The molecule has 0 aliphatic heterocycles. The van der Waals surface area contributed by atoms with E-state index in [1.165, 1.54) is 6.07 Å². The SMILES string of the molecule is NCc1ccc2oc(-c3ccc(-c4ccccc4)c(C(F)(F)F)c3)nc2c1. The highest BCUT2D eigenvalue weighted by Gasteiger charge is 2.34. The number of fused-ring (bicyclic) bond motifs is 1. The molecule has 0 atom stereocenters. The predicted octanol–water partition coefficient (Wildman–Crippen LogP) is 5.64. The van der Waals surface area contributed by atoms with Crippen LogP contribution in [-0.4, -0.2) is 4.98 Å². The van der Waals surface area contributed by atoms with Gasteiger partial charge in [-0.25, -0.2) is 4.98 Å². The summed E-state index contributed by atoms with van der Waals surface area (Å²) in [6, 6.07) is 17.9. The van der Waals surface area contributed by atoms with Gasteiger partial charge in [0.2, 0.25) is 5.89 Å². The van der Waals surface area contributed by atoms with Crippen LogP contribution in [0.15, 0.2) is 71.1 Å². The first-order valence-electron chi connectivity index (χ1n) is 8.32. The van der Waals surface area contributed by atoms with Crippen molar-refractivity contribution in [2.24, 2.45) is 5.73 Å². The van der Waals surface area contributed by atoms with Gasteiger partial charge in [0.05, 0.1) is 5.56 Å². The van der Waals surface area contributed by atoms with Crippen LogP contribution >= 0.6 is 0 Å². The third-order valence-electron chi connectivity index (χ3n) is 4.34. The monoisotopic (exact) mass is 368 g/mol. The molecule has 4 aromatic rings. The smallest absolute Gasteiger partial charge is 0.417 e. The zero-order valence-corrected chi connectivity index (χ0v) is 14.1. The van der Waals surface area contributed by atoms with Crippen LogP contribution in [0.4, 0.5) is 13.2 Å². The molecule has 27 heavy (non-hydrogen) atoms. The lowest BCUT2D eigenvalue weighted by molar-refractivity contribution is -0.137. The lowest BCUT2D eigenvalue weighted by Gasteiger charge is -2.14. The minimum atomic E-state index is -4.50. The number of halogens is 3. The molecule has 136 valence electrons. The van der Waals surface area contributed by atoms with Gasteiger partial charge in [0.25, 0.3) is 0 Å². The van der Waals surface area contributed by atoms with E-state index in [2.05, 4.69) is 4.98 Å². The van der Waals surface area contributed by atoms with Crippen LogP contribution in [0.5, 0.6) is 0 Å². The lowest BCUT2D eigenvalue weighted by atomic mass is 9.97. The van der Waals surface area contributed by atoms with Crippen molar-refractivity contribution < 1.29 is 17.6 Å². The van der Waals surface area contributed by atoms with Crippen molar-refractivity contribution in [3.8, 4) is 22.6 Å². The molecule has 1 heterocycles. The molecule has 0 spiro atoms. The molecule has 4 rings (SSSR count). The van der Waals surface area contributed by atoms with Crippen LogP contribution in [-0.2, 0) is 12.7 Å². The quantitative estimate of drug-likeness (QED) is 0.509. The number of hydrogen-bond donors (Lipinski definition) is 1. The Kier molecular flexibility index (Phi) is 4.20. The highest BCUT2D eigenvalue weighted by atomic mass is 19.4. The van der Waals surface area contributed by atoms with E-state index >= 15 is 0 Å². The first-order chi connectivity index (χ1) is 13.0. The molecule has 3 aromatic carbocycles. The van der Waals surface area contributed by atoms with E-state index in [0.29, 0.717) is 23.2 Å². The first kappa shape index (κ1) is 17.3. The summed E-state index contributed by atoms with van der Waals surface area (Å²) < 4.78 is 46.7. The zero-order valence-electron chi connectivity index (χ0n) is 14.1. The molecule has 1 aromatic heterocycles. The van der Waals surface area contributed by atoms with Crippen LogP contribution in [0.3, 0.4) is 0 Å². The fourth-order valence-corrected chi connectivity index (χ4v) is 3.00. The zero-order chi connectivity index (χ0) is 19.0. The van der Waals surface area contributed by atoms with Crippen molar-refractivity contribution in [3.05, 3.63) is 77.9 Å². The number of hydrogen-bond acceptors (Lipinski definition) is 3. The number of nitrogens with two attached hydrogens (primary N) is 1. The third-order valence-corrected chi connectivity index (χ3v) is 4.34. The van der Waals surface area contributed by atoms with E-state index in [0.717, 1.165) is 11.6 Å². The van der Waals surface area contributed by atoms with Crippen molar-refractivity contribution in [1.82, 2.24) is 4.98 Å². The molecule has 6 heteroatoms. The van der Waals surface area contributed by atoms with Gasteiger partial charge in [-0.1, -0.05) is 42.5 Å². The number of rotatable bonds is 3. The van der Waals surface area contributed by atoms with Gasteiger partial charge in [-0.3, -0.25) is 0 Å². The van der Waals surface area contributed by atoms with E-state index in [9.17, 15) is 13.2 Å². The number of oxazole rings is 1. The molecule has 0 amide bonds. The highest BCUT2D eigenvalue weighted by Crippen LogP contribution is 2.39. The number of alkyl halides is 3. The minimum absolute atomic E-state index is 0.119. The Morgan fingerprint density at radius 2 is 1.67 bits per heavy atom. The largest absolute Gasteiger partial charge is 0.436 e. The minimum Gasteiger partial charge on any atom is -0.436 e. The van der Waals surface area contributed by atoms with E-state index in [4.69, 9.17) is 10.2 Å². The van der Waals surface area contributed by atoms with Gasteiger partial charge in [0.1, 0.15) is 5.52 Å². The Bertz CT molecular complexity index is 1100. The fourth-order valence-electron chi connectivity index (χ4n) is 3.00. The average molecular weight is 368 g/mol. The molecule has 0 saturated carbocycles. The van der Waals surface area contributed by atoms with E-state index in [-0.39, 0.29) is 17.0 Å². The molecule has 0 aliphatic rings. The first-order valence-corrected chi connectivity index (χ1v) is 8.32. The Morgan fingerprint density at radius 1 is 0.889 bits per heavy atom. The van der Waals surface area contributed by atoms with Crippen molar-refractivity contribution >= 4 is 11.1 Å². The topological polar surface area (TPSA) is 52.0 Å². The molecular weight excluding hydrogens is 353 g/mol. The van der Waals surface area contributed by atoms with E-state index in [1.54, 1.807) is 54.6 Å². The number of benzene rings is 3. The summed E-state index contributed by atoms with van der Waals surface area (Å²) in [5, 5.41) is 0. The molecule has 0 unspecified atom stereocenters. The molecule has 0 bridgehead atoms. The van der Waals surface area contributed by atoms with Gasteiger partial charge < -0.3 is 10.2 Å². The molecule has 0 aliphatic carbocycles. The van der Waals surface area contributed by atoms with Gasteiger partial charge in [-0.15, -0.1) is 0 Å². The maximum atomic E-state index is 13.7. The summed E-state index contributed by atoms with van der Waals surface area (Å²) in [5.74, 6) is 0.143. The molecule has 0 fully saturated rings. The Morgan fingerprint density at radius 3 is 2.37 bits per heavy atom. The third kappa shape index (κ3) is 3.31. The van der Waals surface area contributed by atoms with Gasteiger partial charge in [-0.05, 0) is 41.0 Å². The Labute approximate surface area is 153 Å². The molecule has 0 radical (unpaired) electrons. The highest BCUT2D eigenvalue weighted by molar-refractivity contribution is 5.78. The van der Waals surface area contributed by atoms with Crippen LogP contribution in [0.1, 0.15) is 11.1 Å². The van der Waals surface area contributed by atoms with E-state index in [1.807, 2.05) is 0 Å². The summed E-state index contributed by atoms with van der Waals surface area (Å²) in [7, 11) is 0. The van der Waals surface area contributed by atoms with Crippen molar-refractivity contribution in [1.29, 1.82) is 0 Å². The molecule has 0 saturated heterocycles. The number of nitrogens with zero attached hydrogens (tertiary/aromatic N) is 1. The summed E-state index contributed by atoms with van der Waals surface area (Å²) in [5.41, 5.74) is 7.72. The Balaban J connectivity index is 1.85. The summed E-state index contributed by atoms with van der Waals surface area (Å²) in [6.45, 7) is 0.349. The second-order valence-electron chi connectivity index (χ2n) is 6.15. The molecular formula is C21H15F3N2O. The average Bonchev–Trinajstić information content (AvgIpc) is 3.10. The van der Waals surface area contributed by atoms with Crippen molar-refractivity contribution in [2.45, 2.75) is 12.7 Å². The van der Waals surface area contributed by atoms with Crippen molar-refractivity contribution in [2.75, 3.05) is 0 Å². The Hall–Kier alpha value is -3.12. The summed E-state index contributed by atoms with van der Waals surface area (Å²) in [6.07, 6.45) is -4.50. The van der Waals surface area contributed by atoms with Gasteiger partial charge >= 0.3 is 6.18 Å². The standard InChI is InChI=1S/C21H15F3N2O/c22-21(23,24)17-11-15(7-8-16(17)14-4-2-1-3-5-14)20-26-18-10-13(12-25)6-9-19(18)27-20/h1-11H,12,25H2. The van der Waals surface area contributed by atoms with Gasteiger partial charge in [-0.2, -0.15) is 13.2 Å². The van der Waals surface area contributed by atoms with Crippen LogP contribution in [0, 0.1) is 0 Å². The van der Waals surface area contributed by atoms with Crippen LogP contribution < -0.4 is 5.73 Å². The fraction of sp³-hybridized carbons (Fsp3) is 0.0952. The predicted molar refractivity (Wildman–Crippen MR) is 97.8 cm³/mol. The second kappa shape index (κ2) is 6.55. The lowest BCUT2D eigenvalue weighted by Crippen LogP contribution is -2.07. The maximum absolute atomic E-state index is 13.7. The van der Waals surface area contributed by atoms with Crippen LogP contribution in [0.2, 0.25) is 0 Å². The van der Waals surface area contributed by atoms with E-state index < -0.39 is 11.7 Å². The number of aromatic nitrogens is 1. The molecule has 2 N–H and O–H groups in total. The summed E-state index contributed by atoms with van der Waals surface area (Å²) >= 11 is 0. The normalized spacial score (nSPS) is 11.9. The van der Waals surface area contributed by atoms with Gasteiger partial charge in [0, 0.05) is 12.1 Å². The van der Waals surface area contributed by atoms with Crippen molar-refractivity contribution in [3.63, 3.8) is 0 Å². The maximum Gasteiger partial charge on any atom is 0.417 e.